The van der Waals surface area contributed by atoms with E-state index in [1.165, 1.54) is 19.2 Å². The number of phenolic OH excluding ortho intramolecular Hbond substituents is 1. The van der Waals surface area contributed by atoms with E-state index >= 15 is 0 Å². The lowest BCUT2D eigenvalue weighted by molar-refractivity contribution is 0.0601. The first-order chi connectivity index (χ1) is 9.15. The van der Waals surface area contributed by atoms with Gasteiger partial charge in [-0.25, -0.2) is 4.79 Å². The number of rotatable bonds is 2. The van der Waals surface area contributed by atoms with Gasteiger partial charge in [0.1, 0.15) is 5.75 Å². The first kappa shape index (κ1) is 12.7. The van der Waals surface area contributed by atoms with E-state index in [-0.39, 0.29) is 11.3 Å². The zero-order valence-electron chi connectivity index (χ0n) is 10.3. The van der Waals surface area contributed by atoms with Crippen molar-refractivity contribution in [3.63, 3.8) is 0 Å². The highest BCUT2D eigenvalue weighted by atomic mass is 16.5. The minimum absolute atomic E-state index is 0.0133. The summed E-state index contributed by atoms with van der Waals surface area (Å²) in [6, 6.07) is 13.4. The van der Waals surface area contributed by atoms with E-state index in [2.05, 4.69) is 0 Å². The number of phenols is 1. The molecule has 0 saturated carbocycles. The Bertz CT molecular complexity index is 671. The molecule has 0 spiro atoms. The number of nitriles is 1. The van der Waals surface area contributed by atoms with Crippen molar-refractivity contribution in [2.45, 2.75) is 0 Å². The van der Waals surface area contributed by atoms with Gasteiger partial charge in [0.2, 0.25) is 0 Å². The van der Waals surface area contributed by atoms with E-state index in [9.17, 15) is 9.90 Å². The molecule has 0 bridgehead atoms. The van der Waals surface area contributed by atoms with E-state index in [1.54, 1.807) is 30.3 Å². The van der Waals surface area contributed by atoms with Crippen molar-refractivity contribution in [2.75, 3.05) is 7.11 Å². The summed E-state index contributed by atoms with van der Waals surface area (Å²) in [5, 5.41) is 18.4. The second-order valence-corrected chi connectivity index (χ2v) is 3.91. The van der Waals surface area contributed by atoms with Crippen molar-refractivity contribution in [3.05, 3.63) is 53.6 Å². The van der Waals surface area contributed by atoms with Crippen molar-refractivity contribution in [1.29, 1.82) is 5.26 Å². The summed E-state index contributed by atoms with van der Waals surface area (Å²) in [6.45, 7) is 0. The summed E-state index contributed by atoms with van der Waals surface area (Å²) in [7, 11) is 1.28. The molecule has 4 heteroatoms. The third-order valence-electron chi connectivity index (χ3n) is 2.71. The molecule has 1 N–H and O–H groups in total. The van der Waals surface area contributed by atoms with Crippen LogP contribution in [0, 0.1) is 11.3 Å². The third kappa shape index (κ3) is 2.55. The summed E-state index contributed by atoms with van der Waals surface area (Å²) in [5.41, 5.74) is 2.10. The van der Waals surface area contributed by atoms with E-state index in [0.29, 0.717) is 11.1 Å². The Kier molecular flexibility index (Phi) is 3.48. The Balaban J connectivity index is 2.61. The lowest BCUT2D eigenvalue weighted by Gasteiger charge is -2.09. The maximum atomic E-state index is 11.7. The molecular formula is C15H11NO3. The minimum Gasteiger partial charge on any atom is -0.508 e. The predicted molar refractivity (Wildman–Crippen MR) is 69.6 cm³/mol. The molecule has 0 aliphatic carbocycles. The number of esters is 1. The standard InChI is InChI=1S/C15H11NO3/c1-19-15(18)14-8-12(17)5-6-13(14)11-4-2-3-10(7-11)9-16/h2-8,17H,1H3. The number of benzene rings is 2. The second kappa shape index (κ2) is 5.23. The molecule has 2 aromatic carbocycles. The van der Waals surface area contributed by atoms with Crippen molar-refractivity contribution in [3.8, 4) is 22.9 Å². The van der Waals surface area contributed by atoms with Crippen LogP contribution in [0.3, 0.4) is 0 Å². The van der Waals surface area contributed by atoms with Crippen LogP contribution in [0.1, 0.15) is 15.9 Å². The zero-order chi connectivity index (χ0) is 13.8. The molecule has 2 rings (SSSR count). The smallest absolute Gasteiger partial charge is 0.338 e. The number of hydrogen-bond acceptors (Lipinski definition) is 4. The van der Waals surface area contributed by atoms with Crippen LogP contribution in [-0.2, 0) is 4.74 Å². The van der Waals surface area contributed by atoms with Gasteiger partial charge in [0.05, 0.1) is 24.3 Å². The van der Waals surface area contributed by atoms with Crippen molar-refractivity contribution in [2.24, 2.45) is 0 Å². The minimum atomic E-state index is -0.534. The van der Waals surface area contributed by atoms with Crippen molar-refractivity contribution < 1.29 is 14.6 Å². The lowest BCUT2D eigenvalue weighted by Crippen LogP contribution is -2.03. The van der Waals surface area contributed by atoms with Gasteiger partial charge in [0.15, 0.2) is 0 Å². The molecule has 0 fully saturated rings. The fourth-order valence-corrected chi connectivity index (χ4v) is 1.82. The third-order valence-corrected chi connectivity index (χ3v) is 2.71. The summed E-state index contributed by atoms with van der Waals surface area (Å²) in [6.07, 6.45) is 0. The van der Waals surface area contributed by atoms with Crippen LogP contribution >= 0.6 is 0 Å². The largest absolute Gasteiger partial charge is 0.508 e. The molecule has 0 unspecified atom stereocenters. The average molecular weight is 253 g/mol. The van der Waals surface area contributed by atoms with Crippen molar-refractivity contribution >= 4 is 5.97 Å². The van der Waals surface area contributed by atoms with Gasteiger partial charge in [0, 0.05) is 0 Å². The van der Waals surface area contributed by atoms with Crippen LogP contribution in [0.4, 0.5) is 0 Å². The van der Waals surface area contributed by atoms with Gasteiger partial charge in [0.25, 0.3) is 0 Å². The summed E-state index contributed by atoms with van der Waals surface area (Å²) in [5.74, 6) is -0.547. The van der Waals surface area contributed by atoms with Crippen LogP contribution in [0.2, 0.25) is 0 Å². The topological polar surface area (TPSA) is 70.3 Å². The molecule has 0 amide bonds. The van der Waals surface area contributed by atoms with E-state index < -0.39 is 5.97 Å². The molecule has 0 heterocycles. The lowest BCUT2D eigenvalue weighted by atomic mass is 9.98. The summed E-state index contributed by atoms with van der Waals surface area (Å²) < 4.78 is 4.69. The maximum Gasteiger partial charge on any atom is 0.338 e. The quantitative estimate of drug-likeness (QED) is 0.835. The van der Waals surface area contributed by atoms with Gasteiger partial charge < -0.3 is 9.84 Å². The Morgan fingerprint density at radius 3 is 2.74 bits per heavy atom. The normalized spacial score (nSPS) is 9.68. The molecule has 2 aromatic rings. The predicted octanol–water partition coefficient (Wildman–Crippen LogP) is 2.72. The first-order valence-corrected chi connectivity index (χ1v) is 5.57. The Labute approximate surface area is 110 Å². The molecule has 4 nitrogen and oxygen atoms in total. The Morgan fingerprint density at radius 1 is 1.26 bits per heavy atom. The monoisotopic (exact) mass is 253 g/mol. The zero-order valence-corrected chi connectivity index (χ0v) is 10.3. The molecule has 0 aliphatic heterocycles. The number of ether oxygens (including phenoxy) is 1. The van der Waals surface area contributed by atoms with Gasteiger partial charge in [-0.1, -0.05) is 12.1 Å². The number of carbonyl (C=O) groups excluding carboxylic acids is 1. The fraction of sp³-hybridized carbons (Fsp3) is 0.0667. The number of carbonyl (C=O) groups is 1. The van der Waals surface area contributed by atoms with Gasteiger partial charge in [-0.2, -0.15) is 5.26 Å². The number of nitrogens with zero attached hydrogens (tertiary/aromatic N) is 1. The van der Waals surface area contributed by atoms with E-state index in [1.807, 2.05) is 6.07 Å². The molecular weight excluding hydrogens is 242 g/mol. The molecule has 0 atom stereocenters. The second-order valence-electron chi connectivity index (χ2n) is 3.91. The number of methoxy groups -OCH3 is 1. The number of hydrogen-bond donors (Lipinski definition) is 1. The Morgan fingerprint density at radius 2 is 2.05 bits per heavy atom. The molecule has 0 aliphatic rings. The molecule has 94 valence electrons. The van der Waals surface area contributed by atoms with Crippen molar-refractivity contribution in [1.82, 2.24) is 0 Å². The molecule has 0 saturated heterocycles. The highest BCUT2D eigenvalue weighted by molar-refractivity contribution is 5.97. The summed E-state index contributed by atoms with van der Waals surface area (Å²) in [4.78, 5) is 11.7. The van der Waals surface area contributed by atoms with Gasteiger partial charge in [-0.05, 0) is 41.5 Å². The molecule has 0 aromatic heterocycles. The average Bonchev–Trinajstić information content (AvgIpc) is 2.46. The van der Waals surface area contributed by atoms with Gasteiger partial charge >= 0.3 is 5.97 Å². The van der Waals surface area contributed by atoms with Crippen LogP contribution in [-0.4, -0.2) is 18.2 Å². The van der Waals surface area contributed by atoms with Crippen LogP contribution in [0.15, 0.2) is 42.5 Å². The maximum absolute atomic E-state index is 11.7. The Hall–Kier alpha value is -2.80. The van der Waals surface area contributed by atoms with E-state index in [0.717, 1.165) is 5.56 Å². The van der Waals surface area contributed by atoms with Crippen LogP contribution in [0.25, 0.3) is 11.1 Å². The molecule has 0 radical (unpaired) electrons. The van der Waals surface area contributed by atoms with Gasteiger partial charge in [-0.15, -0.1) is 0 Å². The first-order valence-electron chi connectivity index (χ1n) is 5.57. The number of aromatic hydroxyl groups is 1. The highest BCUT2D eigenvalue weighted by Crippen LogP contribution is 2.28. The van der Waals surface area contributed by atoms with Gasteiger partial charge in [-0.3, -0.25) is 0 Å². The van der Waals surface area contributed by atoms with Crippen LogP contribution in [0.5, 0.6) is 5.75 Å². The highest BCUT2D eigenvalue weighted by Gasteiger charge is 2.14. The summed E-state index contributed by atoms with van der Waals surface area (Å²) >= 11 is 0. The fourth-order valence-electron chi connectivity index (χ4n) is 1.82. The van der Waals surface area contributed by atoms with Crippen LogP contribution < -0.4 is 0 Å². The van der Waals surface area contributed by atoms with E-state index in [4.69, 9.17) is 10.00 Å². The SMILES string of the molecule is COC(=O)c1cc(O)ccc1-c1cccc(C#N)c1. The molecule has 19 heavy (non-hydrogen) atoms.